The van der Waals surface area contributed by atoms with Crippen molar-refractivity contribution in [2.45, 2.75) is 29.7 Å². The Labute approximate surface area is 220 Å². The van der Waals surface area contributed by atoms with Gasteiger partial charge in [0.2, 0.25) is 0 Å². The summed E-state index contributed by atoms with van der Waals surface area (Å²) in [6.45, 7) is 8.91. The van der Waals surface area contributed by atoms with Crippen molar-refractivity contribution in [2.75, 3.05) is 32.4 Å². The zero-order valence-corrected chi connectivity index (χ0v) is 23.0. The van der Waals surface area contributed by atoms with Gasteiger partial charge in [-0.15, -0.1) is 23.1 Å². The Morgan fingerprint density at radius 3 is 2.20 bits per heavy atom. The maximum Gasteiger partial charge on any atom is 0.188 e. The number of hydrogen-bond donors (Lipinski definition) is 2. The van der Waals surface area contributed by atoms with E-state index in [0.29, 0.717) is 0 Å². The van der Waals surface area contributed by atoms with E-state index in [-0.39, 0.29) is 0 Å². The maximum absolute atomic E-state index is 4.64. The molecule has 4 aromatic rings. The Bertz CT molecular complexity index is 1260. The number of aromatic nitrogens is 2. The summed E-state index contributed by atoms with van der Waals surface area (Å²) in [4.78, 5) is 14.8. The van der Waals surface area contributed by atoms with Crippen LogP contribution in [0.2, 0.25) is 0 Å². The first-order chi connectivity index (χ1) is 17.1. The highest BCUT2D eigenvalue weighted by molar-refractivity contribution is 7.98. The zero-order valence-electron chi connectivity index (χ0n) is 20.5. The van der Waals surface area contributed by atoms with Gasteiger partial charge in [-0.3, -0.25) is 4.90 Å². The third-order valence-corrected chi connectivity index (χ3v) is 9.27. The fourth-order valence-electron chi connectivity index (χ4n) is 4.55. The van der Waals surface area contributed by atoms with Gasteiger partial charge in [0.1, 0.15) is 31.9 Å². The minimum atomic E-state index is 0.852. The molecule has 0 atom stereocenters. The van der Waals surface area contributed by atoms with Gasteiger partial charge in [0.05, 0.1) is 0 Å². The van der Waals surface area contributed by atoms with E-state index in [0.717, 1.165) is 22.3 Å². The molecule has 0 saturated carbocycles. The molecule has 0 aliphatic carbocycles. The third-order valence-electron chi connectivity index (χ3n) is 6.36. The topological polar surface area (TPSA) is 46.8 Å². The van der Waals surface area contributed by atoms with E-state index in [1.54, 1.807) is 28.4 Å². The fraction of sp³-hybridized carbons (Fsp3) is 0.286. The Kier molecular flexibility index (Phi) is 7.90. The molecule has 0 radical (unpaired) electrons. The monoisotopic (exact) mass is 520 g/mol. The second-order valence-electron chi connectivity index (χ2n) is 8.96. The van der Waals surface area contributed by atoms with Gasteiger partial charge in [-0.25, -0.2) is 9.97 Å². The Balaban J connectivity index is 1.44. The molecule has 1 aliphatic heterocycles. The van der Waals surface area contributed by atoms with Crippen LogP contribution in [0.15, 0.2) is 70.7 Å². The molecule has 0 unspecified atom stereocenters. The van der Waals surface area contributed by atoms with E-state index in [4.69, 9.17) is 0 Å². The highest BCUT2D eigenvalue weighted by Crippen LogP contribution is 2.41. The van der Waals surface area contributed by atoms with Gasteiger partial charge in [0.15, 0.2) is 5.16 Å². The SMILES string of the molecule is CSc1ccc(-c2sc(-c3ccc([NH+]4CC[NH2+]CC4)cc3)cc2CSc2nc(C)cc(C)n2)cc1. The van der Waals surface area contributed by atoms with Crippen LogP contribution in [0.5, 0.6) is 0 Å². The normalized spacial score (nSPS) is 14.4. The number of rotatable bonds is 7. The molecule has 180 valence electrons. The predicted octanol–water partition coefficient (Wildman–Crippen LogP) is 4.60. The van der Waals surface area contributed by atoms with Crippen LogP contribution in [0.25, 0.3) is 20.9 Å². The minimum Gasteiger partial charge on any atom is -0.337 e. The molecular formula is C28H32N4S3+2. The summed E-state index contributed by atoms with van der Waals surface area (Å²) in [7, 11) is 0. The highest BCUT2D eigenvalue weighted by Gasteiger charge is 2.19. The maximum atomic E-state index is 4.64. The number of nitrogens with zero attached hydrogens (tertiary/aromatic N) is 2. The standard InChI is InChI=1S/C28H30N4S3/c1-19-16-20(2)31-28(30-19)34-18-23-17-26(35-27(23)22-6-10-25(33-3)11-7-22)21-4-8-24(9-5-21)32-14-12-29-13-15-32/h4-11,16-17,29H,12-15,18H2,1-3H3/p+2. The zero-order chi connectivity index (χ0) is 24.2. The highest BCUT2D eigenvalue weighted by atomic mass is 32.2. The van der Waals surface area contributed by atoms with Crippen molar-refractivity contribution in [1.29, 1.82) is 0 Å². The molecule has 5 rings (SSSR count). The summed E-state index contributed by atoms with van der Waals surface area (Å²) in [5, 5.41) is 3.27. The molecule has 35 heavy (non-hydrogen) atoms. The van der Waals surface area contributed by atoms with Crippen molar-refractivity contribution >= 4 is 40.5 Å². The van der Waals surface area contributed by atoms with E-state index in [9.17, 15) is 0 Å². The molecule has 0 amide bonds. The van der Waals surface area contributed by atoms with Crippen LogP contribution in [-0.4, -0.2) is 42.4 Å². The molecule has 1 saturated heterocycles. The number of nitrogens with two attached hydrogens (primary N) is 1. The number of benzene rings is 2. The van der Waals surface area contributed by atoms with E-state index in [1.165, 1.54) is 63.2 Å². The molecule has 7 heteroatoms. The first-order valence-electron chi connectivity index (χ1n) is 12.1. The smallest absolute Gasteiger partial charge is 0.188 e. The molecule has 0 bridgehead atoms. The van der Waals surface area contributed by atoms with Gasteiger partial charge in [0, 0.05) is 31.8 Å². The molecule has 1 fully saturated rings. The molecule has 3 N–H and O–H groups in total. The van der Waals surface area contributed by atoms with Gasteiger partial charge in [-0.1, -0.05) is 23.9 Å². The summed E-state index contributed by atoms with van der Waals surface area (Å²) in [5.41, 5.74) is 7.37. The van der Waals surface area contributed by atoms with E-state index in [2.05, 4.69) is 76.1 Å². The molecule has 3 heterocycles. The van der Waals surface area contributed by atoms with Crippen LogP contribution in [0, 0.1) is 13.8 Å². The largest absolute Gasteiger partial charge is 0.337 e. The fourth-order valence-corrected chi connectivity index (χ4v) is 7.17. The quantitative estimate of drug-likeness (QED) is 0.276. The van der Waals surface area contributed by atoms with E-state index in [1.807, 2.05) is 31.3 Å². The summed E-state index contributed by atoms with van der Waals surface area (Å²) < 4.78 is 0. The van der Waals surface area contributed by atoms with E-state index < -0.39 is 0 Å². The molecule has 2 aromatic carbocycles. The number of thiophene rings is 1. The molecule has 0 spiro atoms. The van der Waals surface area contributed by atoms with Gasteiger partial charge < -0.3 is 5.32 Å². The predicted molar refractivity (Wildman–Crippen MR) is 150 cm³/mol. The molecule has 1 aliphatic rings. The molecule has 2 aromatic heterocycles. The second-order valence-corrected chi connectivity index (χ2v) is 11.8. The Hall–Kier alpha value is -2.16. The van der Waals surface area contributed by atoms with Gasteiger partial charge in [-0.05, 0) is 85.3 Å². The number of thioether (sulfide) groups is 2. The van der Waals surface area contributed by atoms with Crippen molar-refractivity contribution in [3.63, 3.8) is 0 Å². The van der Waals surface area contributed by atoms with Gasteiger partial charge >= 0.3 is 0 Å². The summed E-state index contributed by atoms with van der Waals surface area (Å²) in [6, 6.07) is 22.6. The van der Waals surface area contributed by atoms with Crippen molar-refractivity contribution in [2.24, 2.45) is 0 Å². The van der Waals surface area contributed by atoms with Crippen LogP contribution in [0.3, 0.4) is 0 Å². The minimum absolute atomic E-state index is 0.852. The summed E-state index contributed by atoms with van der Waals surface area (Å²) >= 11 is 5.39. The second kappa shape index (κ2) is 11.3. The average Bonchev–Trinajstić information content (AvgIpc) is 3.32. The first kappa shape index (κ1) is 24.5. The lowest BCUT2D eigenvalue weighted by molar-refractivity contribution is -0.895. The van der Waals surface area contributed by atoms with Crippen molar-refractivity contribution in [3.8, 4) is 20.9 Å². The lowest BCUT2D eigenvalue weighted by Crippen LogP contribution is -3.17. The van der Waals surface area contributed by atoms with Crippen LogP contribution >= 0.6 is 34.9 Å². The van der Waals surface area contributed by atoms with Crippen molar-refractivity contribution in [3.05, 3.63) is 77.6 Å². The Morgan fingerprint density at radius 2 is 1.54 bits per heavy atom. The van der Waals surface area contributed by atoms with Gasteiger partial charge in [0.25, 0.3) is 0 Å². The number of piperazine rings is 1. The number of quaternary nitrogens is 2. The first-order valence-corrected chi connectivity index (χ1v) is 15.1. The summed E-state index contributed by atoms with van der Waals surface area (Å²) in [6.07, 6.45) is 2.12. The molecular weight excluding hydrogens is 489 g/mol. The summed E-state index contributed by atoms with van der Waals surface area (Å²) in [5.74, 6) is 0.853. The third kappa shape index (κ3) is 5.98. The van der Waals surface area contributed by atoms with Crippen LogP contribution in [-0.2, 0) is 5.75 Å². The lowest BCUT2D eigenvalue weighted by Gasteiger charge is -2.21. The van der Waals surface area contributed by atoms with Crippen LogP contribution in [0.1, 0.15) is 17.0 Å². The molecule has 4 nitrogen and oxygen atoms in total. The number of aryl methyl sites for hydroxylation is 2. The van der Waals surface area contributed by atoms with E-state index >= 15 is 0 Å². The average molecular weight is 521 g/mol. The van der Waals surface area contributed by atoms with Gasteiger partial charge in [-0.2, -0.15) is 0 Å². The van der Waals surface area contributed by atoms with Crippen LogP contribution in [0.4, 0.5) is 5.69 Å². The number of hydrogen-bond acceptors (Lipinski definition) is 5. The van der Waals surface area contributed by atoms with Crippen LogP contribution < -0.4 is 10.2 Å². The Morgan fingerprint density at radius 1 is 0.886 bits per heavy atom. The van der Waals surface area contributed by atoms with Crippen molar-refractivity contribution in [1.82, 2.24) is 9.97 Å². The lowest BCUT2D eigenvalue weighted by atomic mass is 10.1. The van der Waals surface area contributed by atoms with Crippen molar-refractivity contribution < 1.29 is 10.2 Å². The number of nitrogens with one attached hydrogen (secondary N) is 1.